The van der Waals surface area contributed by atoms with Gasteiger partial charge < -0.3 is 14.3 Å². The van der Waals surface area contributed by atoms with Gasteiger partial charge in [0.1, 0.15) is 5.76 Å². The molecule has 0 unspecified atom stereocenters. The first-order chi connectivity index (χ1) is 11.5. The van der Waals surface area contributed by atoms with E-state index < -0.39 is 0 Å². The lowest BCUT2D eigenvalue weighted by Crippen LogP contribution is -2.15. The van der Waals surface area contributed by atoms with E-state index in [9.17, 15) is 9.90 Å². The van der Waals surface area contributed by atoms with Crippen LogP contribution in [-0.2, 0) is 12.8 Å². The predicted octanol–water partition coefficient (Wildman–Crippen LogP) is 4.56. The summed E-state index contributed by atoms with van der Waals surface area (Å²) in [6.07, 6.45) is 10.4. The Kier molecular flexibility index (Phi) is 9.77. The van der Waals surface area contributed by atoms with Crippen molar-refractivity contribution in [2.75, 3.05) is 7.11 Å². The highest BCUT2D eigenvalue weighted by atomic mass is 16.6. The van der Waals surface area contributed by atoms with E-state index in [-0.39, 0.29) is 11.5 Å². The number of unbranched alkanes of at least 4 members (excludes halogenated alkanes) is 6. The Labute approximate surface area is 146 Å². The Morgan fingerprint density at radius 1 is 1.08 bits per heavy atom. The van der Waals surface area contributed by atoms with E-state index in [0.717, 1.165) is 43.4 Å². The summed E-state index contributed by atoms with van der Waals surface area (Å²) in [4.78, 5) is 12.3. The molecule has 138 valence electrons. The van der Waals surface area contributed by atoms with Gasteiger partial charge in [0.05, 0.1) is 18.8 Å². The number of aliphatic hydroxyl groups is 1. The van der Waals surface area contributed by atoms with Crippen LogP contribution in [0.3, 0.4) is 0 Å². The largest absolute Gasteiger partial charge is 0.468 e. The Morgan fingerprint density at radius 3 is 2.21 bits per heavy atom. The number of hydrogen-bond donors (Lipinski definition) is 1. The fourth-order valence-electron chi connectivity index (χ4n) is 3.01. The molecule has 1 aromatic rings. The van der Waals surface area contributed by atoms with Crippen LogP contribution in [0.25, 0.3) is 0 Å². The van der Waals surface area contributed by atoms with Crippen LogP contribution in [0.5, 0.6) is 5.95 Å². The minimum Gasteiger partial charge on any atom is -0.468 e. The lowest BCUT2D eigenvalue weighted by Gasteiger charge is -2.10. The van der Waals surface area contributed by atoms with Crippen LogP contribution in [0.15, 0.2) is 9.21 Å². The van der Waals surface area contributed by atoms with E-state index in [1.54, 1.807) is 7.11 Å². The molecule has 1 rings (SSSR count). The zero-order chi connectivity index (χ0) is 17.9. The molecule has 1 aromatic heterocycles. The van der Waals surface area contributed by atoms with Gasteiger partial charge in [-0.25, -0.2) is 0 Å². The first-order valence-electron chi connectivity index (χ1n) is 9.38. The van der Waals surface area contributed by atoms with Gasteiger partial charge in [-0.1, -0.05) is 45.4 Å². The van der Waals surface area contributed by atoms with Crippen molar-refractivity contribution in [2.45, 2.75) is 91.1 Å². The molecule has 0 spiro atoms. The predicted molar refractivity (Wildman–Crippen MR) is 98.0 cm³/mol. The van der Waals surface area contributed by atoms with Crippen molar-refractivity contribution >= 4 is 0 Å². The number of methoxy groups -OCH3 is 1. The van der Waals surface area contributed by atoms with Crippen molar-refractivity contribution < 1.29 is 14.3 Å². The number of aryl methyl sites for hydroxylation is 1. The molecule has 0 fully saturated rings. The lowest BCUT2D eigenvalue weighted by molar-refractivity contribution is 0.180. The number of aliphatic hydroxyl groups excluding tert-OH is 1. The molecule has 0 aliphatic heterocycles. The average molecular weight is 338 g/mol. The zero-order valence-electron chi connectivity index (χ0n) is 15.8. The minimum absolute atomic E-state index is 0.0636. The topological polar surface area (TPSA) is 59.7 Å². The molecule has 0 aromatic carbocycles. The molecule has 0 aliphatic carbocycles. The Morgan fingerprint density at radius 2 is 1.67 bits per heavy atom. The van der Waals surface area contributed by atoms with Crippen molar-refractivity contribution in [3.05, 3.63) is 27.1 Å². The maximum Gasteiger partial charge on any atom is 0.291 e. The molecule has 0 bridgehead atoms. The Hall–Kier alpha value is -1.29. The third-order valence-corrected chi connectivity index (χ3v) is 4.56. The monoisotopic (exact) mass is 338 g/mol. The number of ether oxygens (including phenoxy) is 1. The summed E-state index contributed by atoms with van der Waals surface area (Å²) < 4.78 is 11.0. The van der Waals surface area contributed by atoms with E-state index in [1.165, 1.54) is 25.7 Å². The summed E-state index contributed by atoms with van der Waals surface area (Å²) in [6, 6.07) is 0. The molecule has 0 aliphatic rings. The van der Waals surface area contributed by atoms with Gasteiger partial charge >= 0.3 is 0 Å². The summed E-state index contributed by atoms with van der Waals surface area (Å²) in [7, 11) is 1.55. The summed E-state index contributed by atoms with van der Waals surface area (Å²) in [5, 5.41) is 9.21. The van der Waals surface area contributed by atoms with Gasteiger partial charge in [-0.2, -0.15) is 0 Å². The van der Waals surface area contributed by atoms with Gasteiger partial charge in [-0.3, -0.25) is 4.79 Å². The molecule has 1 N–H and O–H groups in total. The molecule has 4 heteroatoms. The minimum atomic E-state index is -0.168. The van der Waals surface area contributed by atoms with Crippen LogP contribution in [0.1, 0.15) is 82.1 Å². The number of rotatable bonds is 12. The SMILES string of the molecule is CCc1c(OC)oc(CCCCCCCCC[C@H](C)O)c(C)c1=O. The second-order valence-electron chi connectivity index (χ2n) is 6.67. The Bertz CT molecular complexity index is 531. The van der Waals surface area contributed by atoms with E-state index in [4.69, 9.17) is 9.15 Å². The molecule has 1 atom stereocenters. The normalized spacial score (nSPS) is 12.4. The van der Waals surface area contributed by atoms with E-state index >= 15 is 0 Å². The second-order valence-corrected chi connectivity index (χ2v) is 6.67. The van der Waals surface area contributed by atoms with Crippen molar-refractivity contribution in [3.63, 3.8) is 0 Å². The summed E-state index contributed by atoms with van der Waals surface area (Å²) in [6.45, 7) is 5.64. The lowest BCUT2D eigenvalue weighted by atomic mass is 10.0. The standard InChI is InChI=1S/C20H34O4/c1-5-17-19(22)16(3)18(24-20(17)23-4)14-12-10-8-6-7-9-11-13-15(2)21/h15,21H,5-14H2,1-4H3/t15-/m0/s1. The van der Waals surface area contributed by atoms with Crippen molar-refractivity contribution in [3.8, 4) is 5.95 Å². The molecule has 4 nitrogen and oxygen atoms in total. The smallest absolute Gasteiger partial charge is 0.291 e. The molecule has 0 radical (unpaired) electrons. The fraction of sp³-hybridized carbons (Fsp3) is 0.750. The van der Waals surface area contributed by atoms with E-state index in [2.05, 4.69) is 0 Å². The van der Waals surface area contributed by atoms with Crippen molar-refractivity contribution in [1.82, 2.24) is 0 Å². The first kappa shape index (κ1) is 20.8. The quantitative estimate of drug-likeness (QED) is 0.567. The Balaban J connectivity index is 2.33. The fourth-order valence-corrected chi connectivity index (χ4v) is 3.01. The van der Waals surface area contributed by atoms with Crippen molar-refractivity contribution in [2.24, 2.45) is 0 Å². The maximum atomic E-state index is 12.3. The zero-order valence-corrected chi connectivity index (χ0v) is 15.8. The van der Waals surface area contributed by atoms with Crippen LogP contribution in [-0.4, -0.2) is 18.3 Å². The van der Waals surface area contributed by atoms with Crippen LogP contribution in [0.2, 0.25) is 0 Å². The van der Waals surface area contributed by atoms with Gasteiger partial charge in [0, 0.05) is 12.0 Å². The molecular weight excluding hydrogens is 304 g/mol. The molecule has 0 saturated heterocycles. The number of hydrogen-bond acceptors (Lipinski definition) is 4. The van der Waals surface area contributed by atoms with E-state index in [1.807, 2.05) is 20.8 Å². The molecule has 24 heavy (non-hydrogen) atoms. The molecular formula is C20H34O4. The van der Waals surface area contributed by atoms with Crippen LogP contribution in [0, 0.1) is 6.92 Å². The van der Waals surface area contributed by atoms with Crippen LogP contribution in [0.4, 0.5) is 0 Å². The molecule has 1 heterocycles. The summed E-state index contributed by atoms with van der Waals surface area (Å²) in [5.74, 6) is 1.15. The van der Waals surface area contributed by atoms with Crippen LogP contribution >= 0.6 is 0 Å². The second kappa shape index (κ2) is 11.3. The third-order valence-electron chi connectivity index (χ3n) is 4.56. The first-order valence-corrected chi connectivity index (χ1v) is 9.38. The van der Waals surface area contributed by atoms with Crippen molar-refractivity contribution in [1.29, 1.82) is 0 Å². The third kappa shape index (κ3) is 6.68. The summed E-state index contributed by atoms with van der Waals surface area (Å²) >= 11 is 0. The highest BCUT2D eigenvalue weighted by Gasteiger charge is 2.15. The van der Waals surface area contributed by atoms with Gasteiger partial charge in [0.2, 0.25) is 0 Å². The molecule has 0 saturated carbocycles. The van der Waals surface area contributed by atoms with Gasteiger partial charge in [0.25, 0.3) is 5.95 Å². The highest BCUT2D eigenvalue weighted by Crippen LogP contribution is 2.21. The van der Waals surface area contributed by atoms with Crippen LogP contribution < -0.4 is 10.2 Å². The molecule has 0 amide bonds. The maximum absolute atomic E-state index is 12.3. The van der Waals surface area contributed by atoms with E-state index in [0.29, 0.717) is 17.9 Å². The van der Waals surface area contributed by atoms with Gasteiger partial charge in [-0.15, -0.1) is 0 Å². The van der Waals surface area contributed by atoms with Gasteiger partial charge in [0.15, 0.2) is 5.43 Å². The highest BCUT2D eigenvalue weighted by molar-refractivity contribution is 5.30. The summed E-state index contributed by atoms with van der Waals surface area (Å²) in [5.41, 5.74) is 1.43. The van der Waals surface area contributed by atoms with Gasteiger partial charge in [-0.05, 0) is 33.1 Å². The average Bonchev–Trinajstić information content (AvgIpc) is 2.56.